The highest BCUT2D eigenvalue weighted by Gasteiger charge is 2.27. The molecule has 2 heteroatoms. The molecule has 0 spiro atoms. The van der Waals surface area contributed by atoms with Crippen LogP contribution in [0.4, 0.5) is 5.69 Å². The largest absolute Gasteiger partial charge is 0.398 e. The first-order valence-corrected chi connectivity index (χ1v) is 7.73. The summed E-state index contributed by atoms with van der Waals surface area (Å²) in [6.07, 6.45) is 6.51. The first kappa shape index (κ1) is 15.4. The van der Waals surface area contributed by atoms with E-state index in [2.05, 4.69) is 44.8 Å². The standard InChI is InChI=1S/C19H26N2/c1-5-9-16-13(3)19(21-14(16)4)12-15(6-2)17-10-7-8-11-18(17)20/h6-8,10-13,19,21H,2,5,9,20H2,1,3-4H3/b15-12+. The lowest BCUT2D eigenvalue weighted by Gasteiger charge is -2.17. The summed E-state index contributed by atoms with van der Waals surface area (Å²) in [5.41, 5.74) is 11.9. The Labute approximate surface area is 128 Å². The van der Waals surface area contributed by atoms with E-state index in [1.165, 1.54) is 18.5 Å². The van der Waals surface area contributed by atoms with Gasteiger partial charge in [0, 0.05) is 22.9 Å². The maximum atomic E-state index is 6.09. The molecule has 0 fully saturated rings. The van der Waals surface area contributed by atoms with Crippen molar-refractivity contribution in [1.29, 1.82) is 0 Å². The predicted molar refractivity (Wildman–Crippen MR) is 92.7 cm³/mol. The Kier molecular flexibility index (Phi) is 4.89. The van der Waals surface area contributed by atoms with E-state index in [1.54, 1.807) is 5.57 Å². The number of allylic oxidation sites excluding steroid dienone is 3. The fourth-order valence-electron chi connectivity index (χ4n) is 3.12. The monoisotopic (exact) mass is 282 g/mol. The molecule has 0 bridgehead atoms. The average Bonchev–Trinajstić information content (AvgIpc) is 2.73. The van der Waals surface area contributed by atoms with Gasteiger partial charge in [0.1, 0.15) is 0 Å². The summed E-state index contributed by atoms with van der Waals surface area (Å²) in [6, 6.07) is 8.28. The molecule has 2 rings (SSSR count). The number of benzene rings is 1. The summed E-state index contributed by atoms with van der Waals surface area (Å²) in [7, 11) is 0. The first-order chi connectivity index (χ1) is 10.1. The molecule has 112 valence electrons. The Hall–Kier alpha value is -1.96. The summed E-state index contributed by atoms with van der Waals surface area (Å²) in [6.45, 7) is 10.7. The molecule has 21 heavy (non-hydrogen) atoms. The Bertz CT molecular complexity index is 581. The molecule has 2 nitrogen and oxygen atoms in total. The summed E-state index contributed by atoms with van der Waals surface area (Å²) in [4.78, 5) is 0. The lowest BCUT2D eigenvalue weighted by molar-refractivity contribution is 0.569. The molecule has 0 aromatic heterocycles. The van der Waals surface area contributed by atoms with E-state index < -0.39 is 0 Å². The van der Waals surface area contributed by atoms with Crippen molar-refractivity contribution in [2.75, 3.05) is 5.73 Å². The summed E-state index contributed by atoms with van der Waals surface area (Å²) in [5, 5.41) is 3.61. The molecule has 0 saturated heterocycles. The average molecular weight is 282 g/mol. The third-order valence-electron chi connectivity index (χ3n) is 4.32. The van der Waals surface area contributed by atoms with Crippen LogP contribution in [0.15, 0.2) is 54.3 Å². The van der Waals surface area contributed by atoms with E-state index in [1.807, 2.05) is 24.3 Å². The van der Waals surface area contributed by atoms with Crippen LogP contribution in [-0.2, 0) is 0 Å². The van der Waals surface area contributed by atoms with Gasteiger partial charge in [-0.25, -0.2) is 0 Å². The molecule has 2 atom stereocenters. The second kappa shape index (κ2) is 6.66. The topological polar surface area (TPSA) is 38.0 Å². The Morgan fingerprint density at radius 2 is 2.10 bits per heavy atom. The number of hydrogen-bond acceptors (Lipinski definition) is 2. The van der Waals surface area contributed by atoms with Gasteiger partial charge < -0.3 is 11.1 Å². The SMILES string of the molecule is C=C/C(=C\C1NC(C)=C(CCC)C1C)c1ccccc1N. The smallest absolute Gasteiger partial charge is 0.0513 e. The molecule has 1 aromatic rings. The van der Waals surface area contributed by atoms with Gasteiger partial charge in [-0.3, -0.25) is 0 Å². The van der Waals surface area contributed by atoms with Crippen molar-refractivity contribution >= 4 is 11.3 Å². The zero-order chi connectivity index (χ0) is 15.4. The highest BCUT2D eigenvalue weighted by molar-refractivity contribution is 5.81. The molecular formula is C19H26N2. The number of anilines is 1. The van der Waals surface area contributed by atoms with Crippen LogP contribution in [0.1, 0.15) is 39.2 Å². The van der Waals surface area contributed by atoms with Crippen molar-refractivity contribution in [3.8, 4) is 0 Å². The summed E-state index contributed by atoms with van der Waals surface area (Å²) in [5.74, 6) is 0.518. The van der Waals surface area contributed by atoms with Gasteiger partial charge in [0.25, 0.3) is 0 Å². The molecule has 0 radical (unpaired) electrons. The van der Waals surface area contributed by atoms with E-state index in [4.69, 9.17) is 5.73 Å². The third-order valence-corrected chi connectivity index (χ3v) is 4.32. The van der Waals surface area contributed by atoms with E-state index in [9.17, 15) is 0 Å². The second-order valence-electron chi connectivity index (χ2n) is 5.77. The molecular weight excluding hydrogens is 256 g/mol. The molecule has 3 N–H and O–H groups in total. The van der Waals surface area contributed by atoms with Crippen LogP contribution < -0.4 is 11.1 Å². The maximum absolute atomic E-state index is 6.09. The van der Waals surface area contributed by atoms with Crippen molar-refractivity contribution in [3.63, 3.8) is 0 Å². The van der Waals surface area contributed by atoms with Gasteiger partial charge in [-0.15, -0.1) is 0 Å². The number of nitrogens with two attached hydrogens (primary N) is 1. The zero-order valence-corrected chi connectivity index (χ0v) is 13.3. The van der Waals surface area contributed by atoms with E-state index in [-0.39, 0.29) is 0 Å². The molecule has 1 aliphatic rings. The van der Waals surface area contributed by atoms with Gasteiger partial charge in [0.2, 0.25) is 0 Å². The van der Waals surface area contributed by atoms with Crippen LogP contribution in [0.25, 0.3) is 5.57 Å². The van der Waals surface area contributed by atoms with Crippen molar-refractivity contribution in [2.45, 2.75) is 39.7 Å². The number of nitrogen functional groups attached to an aromatic ring is 1. The quantitative estimate of drug-likeness (QED) is 0.615. The normalized spacial score (nSPS) is 22.3. The Balaban J connectivity index is 2.27. The number of nitrogens with one attached hydrogen (secondary N) is 1. The highest BCUT2D eigenvalue weighted by atomic mass is 15.0. The number of hydrogen-bond donors (Lipinski definition) is 2. The Morgan fingerprint density at radius 3 is 2.71 bits per heavy atom. The van der Waals surface area contributed by atoms with Crippen molar-refractivity contribution < 1.29 is 0 Å². The fraction of sp³-hybridized carbons (Fsp3) is 0.368. The minimum atomic E-state index is 0.319. The van der Waals surface area contributed by atoms with Crippen molar-refractivity contribution in [1.82, 2.24) is 5.32 Å². The minimum Gasteiger partial charge on any atom is -0.398 e. The molecule has 2 unspecified atom stereocenters. The lowest BCUT2D eigenvalue weighted by atomic mass is 9.91. The molecule has 0 aliphatic carbocycles. The van der Waals surface area contributed by atoms with Gasteiger partial charge >= 0.3 is 0 Å². The van der Waals surface area contributed by atoms with Crippen LogP contribution in [0.2, 0.25) is 0 Å². The van der Waals surface area contributed by atoms with Crippen molar-refractivity contribution in [3.05, 3.63) is 59.8 Å². The zero-order valence-electron chi connectivity index (χ0n) is 13.3. The highest BCUT2D eigenvalue weighted by Crippen LogP contribution is 2.32. The van der Waals surface area contributed by atoms with Crippen LogP contribution in [0.3, 0.4) is 0 Å². The Morgan fingerprint density at radius 1 is 1.38 bits per heavy atom. The molecule has 1 heterocycles. The molecule has 1 aliphatic heterocycles. The summed E-state index contributed by atoms with van der Waals surface area (Å²) >= 11 is 0. The molecule has 0 saturated carbocycles. The number of rotatable bonds is 5. The second-order valence-corrected chi connectivity index (χ2v) is 5.77. The summed E-state index contributed by atoms with van der Waals surface area (Å²) < 4.78 is 0. The molecule has 1 aromatic carbocycles. The number of para-hydroxylation sites is 1. The maximum Gasteiger partial charge on any atom is 0.0513 e. The van der Waals surface area contributed by atoms with E-state index >= 15 is 0 Å². The van der Waals surface area contributed by atoms with Crippen LogP contribution in [0.5, 0.6) is 0 Å². The first-order valence-electron chi connectivity index (χ1n) is 7.73. The molecule has 0 amide bonds. The van der Waals surface area contributed by atoms with Crippen molar-refractivity contribution in [2.24, 2.45) is 5.92 Å². The van der Waals surface area contributed by atoms with Gasteiger partial charge in [-0.05, 0) is 30.6 Å². The van der Waals surface area contributed by atoms with Crippen LogP contribution >= 0.6 is 0 Å². The predicted octanol–water partition coefficient (Wildman–Crippen LogP) is 4.52. The van der Waals surface area contributed by atoms with Gasteiger partial charge in [0.05, 0.1) is 6.04 Å². The van der Waals surface area contributed by atoms with E-state index in [0.29, 0.717) is 12.0 Å². The van der Waals surface area contributed by atoms with Crippen LogP contribution in [0, 0.1) is 5.92 Å². The van der Waals surface area contributed by atoms with Gasteiger partial charge in [-0.2, -0.15) is 0 Å². The van der Waals surface area contributed by atoms with Gasteiger partial charge in [0.15, 0.2) is 0 Å². The third kappa shape index (κ3) is 3.21. The van der Waals surface area contributed by atoms with Gasteiger partial charge in [-0.1, -0.05) is 57.2 Å². The minimum absolute atomic E-state index is 0.319. The van der Waals surface area contributed by atoms with E-state index in [0.717, 1.165) is 16.8 Å². The lowest BCUT2D eigenvalue weighted by Crippen LogP contribution is -2.25. The van der Waals surface area contributed by atoms with Crippen LogP contribution in [-0.4, -0.2) is 6.04 Å². The fourth-order valence-corrected chi connectivity index (χ4v) is 3.12.